The van der Waals surface area contributed by atoms with Gasteiger partial charge in [-0.2, -0.15) is 0 Å². The Hall–Kier alpha value is -4.43. The molecule has 1 unspecified atom stereocenters. The smallest absolute Gasteiger partial charge is 0.337 e. The Morgan fingerprint density at radius 2 is 1.76 bits per heavy atom. The number of rotatable bonds is 6. The van der Waals surface area contributed by atoms with Crippen LogP contribution in [0.15, 0.2) is 84.4 Å². The number of hydrazine groups is 1. The molecule has 1 aliphatic heterocycles. The molecule has 8 heteroatoms. The lowest BCUT2D eigenvalue weighted by Crippen LogP contribution is -2.47. The Morgan fingerprint density at radius 3 is 2.54 bits per heavy atom. The second-order valence-electron chi connectivity index (χ2n) is 8.86. The van der Waals surface area contributed by atoms with Gasteiger partial charge in [-0.15, -0.1) is 0 Å². The molecule has 0 aliphatic carbocycles. The van der Waals surface area contributed by atoms with E-state index < -0.39 is 5.97 Å². The van der Waals surface area contributed by atoms with Gasteiger partial charge in [-0.05, 0) is 53.5 Å². The summed E-state index contributed by atoms with van der Waals surface area (Å²) < 4.78 is 6.81. The third-order valence-electron chi connectivity index (χ3n) is 6.36. The number of aromatic nitrogens is 2. The zero-order valence-corrected chi connectivity index (χ0v) is 20.1. The van der Waals surface area contributed by atoms with Gasteiger partial charge in [-0.25, -0.2) is 15.2 Å². The largest absolute Gasteiger partial charge is 0.465 e. The van der Waals surface area contributed by atoms with Crippen LogP contribution in [0.5, 0.6) is 0 Å². The number of para-hydroxylation sites is 2. The summed E-state index contributed by atoms with van der Waals surface area (Å²) in [6, 6.07) is 23.0. The molecule has 3 N–H and O–H groups in total. The van der Waals surface area contributed by atoms with E-state index in [9.17, 15) is 9.59 Å². The van der Waals surface area contributed by atoms with Crippen LogP contribution in [-0.4, -0.2) is 33.5 Å². The quantitative estimate of drug-likeness (QED) is 0.377. The van der Waals surface area contributed by atoms with Gasteiger partial charge >= 0.3 is 5.97 Å². The van der Waals surface area contributed by atoms with Crippen LogP contribution >= 0.6 is 0 Å². The van der Waals surface area contributed by atoms with Crippen LogP contribution in [0, 0.1) is 0 Å². The lowest BCUT2D eigenvalue weighted by molar-refractivity contribution is -0.131. The summed E-state index contributed by atoms with van der Waals surface area (Å²) in [5, 5.41) is 1.57. The molecular formula is C29H31N5O3. The molecule has 0 fully saturated rings. The Bertz CT molecular complexity index is 1490. The highest BCUT2D eigenvalue weighted by molar-refractivity contribution is 5.90. The SMILES string of the molecule is C.COC(=O)c1cccc(CN2NC(c3cccc(Cn4c(N)nc5ccccc54)c3)C(C)=CC2=O)c1. The second-order valence-corrected chi connectivity index (χ2v) is 8.86. The Balaban J connectivity index is 0.00000320. The number of nitrogens with two attached hydrogens (primary N) is 1. The molecule has 37 heavy (non-hydrogen) atoms. The maximum Gasteiger partial charge on any atom is 0.337 e. The summed E-state index contributed by atoms with van der Waals surface area (Å²) in [6.07, 6.45) is 1.65. The maximum absolute atomic E-state index is 12.8. The van der Waals surface area contributed by atoms with Gasteiger partial charge in [0.05, 0.1) is 42.8 Å². The number of ether oxygens (including phenoxy) is 1. The number of imidazole rings is 1. The standard InChI is InChI=1S/C28H27N5O3.CH4/c1-18-13-25(34)33(17-20-8-6-10-22(15-20)27(35)36-2)31-26(18)21-9-5-7-19(14-21)16-32-24-12-4-3-11-23(24)30-28(32)29;/h3-15,26,31H,16-17H2,1-2H3,(H2,29,30);1H4. The molecule has 1 atom stereocenters. The van der Waals surface area contributed by atoms with Crippen molar-refractivity contribution in [2.45, 2.75) is 33.5 Å². The van der Waals surface area contributed by atoms with Gasteiger partial charge in [0.15, 0.2) is 0 Å². The molecule has 0 bridgehead atoms. The first kappa shape index (κ1) is 25.7. The van der Waals surface area contributed by atoms with Gasteiger partial charge in [-0.3, -0.25) is 9.80 Å². The van der Waals surface area contributed by atoms with Crippen LogP contribution in [0.3, 0.4) is 0 Å². The van der Waals surface area contributed by atoms with Gasteiger partial charge in [0, 0.05) is 6.08 Å². The van der Waals surface area contributed by atoms with E-state index in [1.165, 1.54) is 7.11 Å². The van der Waals surface area contributed by atoms with E-state index in [1.807, 2.05) is 54.0 Å². The van der Waals surface area contributed by atoms with Crippen molar-refractivity contribution in [2.24, 2.45) is 0 Å². The number of esters is 1. The van der Waals surface area contributed by atoms with Crippen molar-refractivity contribution in [1.29, 1.82) is 0 Å². The first-order valence-electron chi connectivity index (χ1n) is 11.7. The number of anilines is 1. The van der Waals surface area contributed by atoms with E-state index in [2.05, 4.69) is 22.5 Å². The predicted molar refractivity (Wildman–Crippen MR) is 144 cm³/mol. The average molecular weight is 498 g/mol. The predicted octanol–water partition coefficient (Wildman–Crippen LogP) is 4.62. The van der Waals surface area contributed by atoms with Crippen molar-refractivity contribution in [2.75, 3.05) is 12.8 Å². The fraction of sp³-hybridized carbons (Fsp3) is 0.207. The molecule has 0 radical (unpaired) electrons. The Labute approximate surface area is 216 Å². The van der Waals surface area contributed by atoms with Crippen LogP contribution in [0.1, 0.15) is 47.4 Å². The number of hydrogen-bond donors (Lipinski definition) is 2. The summed E-state index contributed by atoms with van der Waals surface area (Å²) in [5.41, 5.74) is 15.7. The lowest BCUT2D eigenvalue weighted by Gasteiger charge is -2.33. The van der Waals surface area contributed by atoms with Crippen LogP contribution in [0.2, 0.25) is 0 Å². The molecule has 0 spiro atoms. The van der Waals surface area contributed by atoms with Crippen LogP contribution in [0.4, 0.5) is 5.95 Å². The van der Waals surface area contributed by atoms with E-state index in [1.54, 1.807) is 29.3 Å². The molecule has 190 valence electrons. The van der Waals surface area contributed by atoms with Crippen molar-refractivity contribution in [1.82, 2.24) is 20.0 Å². The Kier molecular flexibility index (Phi) is 7.40. The van der Waals surface area contributed by atoms with Gasteiger partial charge in [0.25, 0.3) is 5.91 Å². The number of nitrogens with zero attached hydrogens (tertiary/aromatic N) is 3. The van der Waals surface area contributed by atoms with Crippen LogP contribution in [0.25, 0.3) is 11.0 Å². The number of nitrogens with one attached hydrogen (secondary N) is 1. The van der Waals surface area contributed by atoms with Gasteiger partial charge in [0.1, 0.15) is 0 Å². The number of carbonyl (C=O) groups is 2. The molecule has 1 amide bonds. The minimum absolute atomic E-state index is 0. The molecule has 2 heterocycles. The summed E-state index contributed by atoms with van der Waals surface area (Å²) in [6.45, 7) is 2.83. The van der Waals surface area contributed by atoms with E-state index >= 15 is 0 Å². The van der Waals surface area contributed by atoms with Crippen molar-refractivity contribution >= 4 is 28.9 Å². The Morgan fingerprint density at radius 1 is 1.03 bits per heavy atom. The van der Waals surface area contributed by atoms with Gasteiger partial charge in [0.2, 0.25) is 5.95 Å². The third kappa shape index (κ3) is 5.24. The van der Waals surface area contributed by atoms with Gasteiger partial charge in [-0.1, -0.05) is 56.0 Å². The average Bonchev–Trinajstić information content (AvgIpc) is 3.20. The molecule has 3 aromatic carbocycles. The first-order chi connectivity index (χ1) is 17.4. The number of hydrogen-bond acceptors (Lipinski definition) is 6. The molecule has 8 nitrogen and oxygen atoms in total. The summed E-state index contributed by atoms with van der Waals surface area (Å²) in [7, 11) is 1.35. The fourth-order valence-electron chi connectivity index (χ4n) is 4.55. The zero-order chi connectivity index (χ0) is 25.2. The molecule has 1 aromatic heterocycles. The monoisotopic (exact) mass is 497 g/mol. The van der Waals surface area contributed by atoms with Crippen molar-refractivity contribution in [3.05, 3.63) is 107 Å². The second kappa shape index (κ2) is 10.7. The maximum atomic E-state index is 12.8. The topological polar surface area (TPSA) is 102 Å². The minimum Gasteiger partial charge on any atom is -0.465 e. The molecule has 0 saturated heterocycles. The van der Waals surface area contributed by atoms with Crippen LogP contribution in [-0.2, 0) is 22.6 Å². The van der Waals surface area contributed by atoms with Gasteiger partial charge < -0.3 is 15.0 Å². The molecule has 0 saturated carbocycles. The molecule has 4 aromatic rings. The van der Waals surface area contributed by atoms with E-state index in [-0.39, 0.29) is 19.4 Å². The molecular weight excluding hydrogens is 466 g/mol. The number of amides is 1. The number of nitrogen functional groups attached to an aromatic ring is 1. The van der Waals surface area contributed by atoms with E-state index in [0.29, 0.717) is 24.6 Å². The third-order valence-corrected chi connectivity index (χ3v) is 6.36. The highest BCUT2D eigenvalue weighted by Gasteiger charge is 2.26. The summed E-state index contributed by atoms with van der Waals surface area (Å²) >= 11 is 0. The highest BCUT2D eigenvalue weighted by Crippen LogP contribution is 2.28. The van der Waals surface area contributed by atoms with E-state index in [0.717, 1.165) is 33.3 Å². The minimum atomic E-state index is -0.411. The summed E-state index contributed by atoms with van der Waals surface area (Å²) in [4.78, 5) is 29.1. The van der Waals surface area contributed by atoms with Crippen molar-refractivity contribution < 1.29 is 14.3 Å². The fourth-order valence-corrected chi connectivity index (χ4v) is 4.55. The van der Waals surface area contributed by atoms with Crippen molar-refractivity contribution in [3.63, 3.8) is 0 Å². The lowest BCUT2D eigenvalue weighted by atomic mass is 9.96. The van der Waals surface area contributed by atoms with Crippen LogP contribution < -0.4 is 11.2 Å². The summed E-state index contributed by atoms with van der Waals surface area (Å²) in [5.74, 6) is -0.0769. The van der Waals surface area contributed by atoms with Crippen molar-refractivity contribution in [3.8, 4) is 0 Å². The first-order valence-corrected chi connectivity index (χ1v) is 11.7. The number of methoxy groups -OCH3 is 1. The molecule has 5 rings (SSSR count). The normalized spacial score (nSPS) is 15.3. The number of fused-ring (bicyclic) bond motifs is 1. The highest BCUT2D eigenvalue weighted by atomic mass is 16.5. The zero-order valence-electron chi connectivity index (χ0n) is 20.1. The number of benzene rings is 3. The molecule has 1 aliphatic rings. The van der Waals surface area contributed by atoms with E-state index in [4.69, 9.17) is 10.5 Å². The number of carbonyl (C=O) groups excluding carboxylic acids is 2.